The SMILES string of the molecule is CCCc1cccc(C(NC)c2sccc2C)c1. The third-order valence-electron chi connectivity index (χ3n) is 3.28. The number of benzene rings is 1. The molecule has 0 aliphatic heterocycles. The molecule has 0 amide bonds. The second-order valence-corrected chi connectivity index (χ2v) is 5.63. The fourth-order valence-electron chi connectivity index (χ4n) is 2.35. The highest BCUT2D eigenvalue weighted by Gasteiger charge is 2.15. The summed E-state index contributed by atoms with van der Waals surface area (Å²) in [6.45, 7) is 4.41. The van der Waals surface area contributed by atoms with E-state index in [-0.39, 0.29) is 0 Å². The molecule has 0 saturated carbocycles. The highest BCUT2D eigenvalue weighted by molar-refractivity contribution is 7.10. The van der Waals surface area contributed by atoms with Crippen LogP contribution in [0.2, 0.25) is 0 Å². The molecule has 1 unspecified atom stereocenters. The Labute approximate surface area is 114 Å². The molecule has 1 heterocycles. The Morgan fingerprint density at radius 3 is 2.72 bits per heavy atom. The maximum absolute atomic E-state index is 3.44. The van der Waals surface area contributed by atoms with Gasteiger partial charge in [0.2, 0.25) is 0 Å². The normalized spacial score (nSPS) is 12.6. The van der Waals surface area contributed by atoms with Crippen molar-refractivity contribution in [2.24, 2.45) is 0 Å². The second-order valence-electron chi connectivity index (χ2n) is 4.68. The first kappa shape index (κ1) is 13.3. The minimum absolute atomic E-state index is 0.321. The quantitative estimate of drug-likeness (QED) is 0.843. The number of rotatable bonds is 5. The maximum atomic E-state index is 3.44. The molecular weight excluding hydrogens is 238 g/mol. The minimum Gasteiger partial charge on any atom is -0.309 e. The topological polar surface area (TPSA) is 12.0 Å². The number of aryl methyl sites for hydroxylation is 2. The Hall–Kier alpha value is -1.12. The summed E-state index contributed by atoms with van der Waals surface area (Å²) in [4.78, 5) is 1.42. The molecule has 0 aliphatic rings. The van der Waals surface area contributed by atoms with Crippen molar-refractivity contribution in [3.8, 4) is 0 Å². The molecule has 1 aromatic carbocycles. The maximum Gasteiger partial charge on any atom is 0.0671 e. The first-order valence-electron chi connectivity index (χ1n) is 6.56. The van der Waals surface area contributed by atoms with E-state index in [1.54, 1.807) is 0 Å². The van der Waals surface area contributed by atoms with Gasteiger partial charge in [-0.25, -0.2) is 0 Å². The van der Waals surface area contributed by atoms with Crippen LogP contribution in [-0.2, 0) is 6.42 Å². The fourth-order valence-corrected chi connectivity index (χ4v) is 3.41. The van der Waals surface area contributed by atoms with Crippen LogP contribution < -0.4 is 5.32 Å². The average Bonchev–Trinajstić information content (AvgIpc) is 2.78. The van der Waals surface area contributed by atoms with Crippen LogP contribution in [0.1, 0.15) is 41.0 Å². The molecule has 0 saturated heterocycles. The van der Waals surface area contributed by atoms with Crippen molar-refractivity contribution in [2.75, 3.05) is 7.05 Å². The van der Waals surface area contributed by atoms with E-state index in [4.69, 9.17) is 0 Å². The van der Waals surface area contributed by atoms with Crippen molar-refractivity contribution in [2.45, 2.75) is 32.7 Å². The lowest BCUT2D eigenvalue weighted by atomic mass is 9.99. The third kappa shape index (κ3) is 2.82. The van der Waals surface area contributed by atoms with E-state index in [1.807, 2.05) is 18.4 Å². The van der Waals surface area contributed by atoms with Crippen LogP contribution in [0.3, 0.4) is 0 Å². The molecular formula is C16H21NS. The Balaban J connectivity index is 2.33. The van der Waals surface area contributed by atoms with E-state index in [0.29, 0.717) is 6.04 Å². The molecule has 96 valence electrons. The van der Waals surface area contributed by atoms with Gasteiger partial charge < -0.3 is 5.32 Å². The molecule has 2 heteroatoms. The summed E-state index contributed by atoms with van der Waals surface area (Å²) in [5.41, 5.74) is 4.18. The van der Waals surface area contributed by atoms with Gasteiger partial charge in [-0.1, -0.05) is 37.6 Å². The molecule has 2 rings (SSSR count). The highest BCUT2D eigenvalue weighted by Crippen LogP contribution is 2.29. The van der Waals surface area contributed by atoms with Gasteiger partial charge in [-0.15, -0.1) is 11.3 Å². The largest absolute Gasteiger partial charge is 0.309 e. The molecule has 0 spiro atoms. The predicted molar refractivity (Wildman–Crippen MR) is 80.4 cm³/mol. The third-order valence-corrected chi connectivity index (χ3v) is 4.36. The van der Waals surface area contributed by atoms with Crippen molar-refractivity contribution >= 4 is 11.3 Å². The molecule has 1 atom stereocenters. The van der Waals surface area contributed by atoms with Crippen LogP contribution >= 0.6 is 11.3 Å². The summed E-state index contributed by atoms with van der Waals surface area (Å²) >= 11 is 1.83. The van der Waals surface area contributed by atoms with Gasteiger partial charge >= 0.3 is 0 Å². The summed E-state index contributed by atoms with van der Waals surface area (Å²) < 4.78 is 0. The van der Waals surface area contributed by atoms with E-state index in [2.05, 4.69) is 54.9 Å². The summed E-state index contributed by atoms with van der Waals surface area (Å²) in [7, 11) is 2.04. The van der Waals surface area contributed by atoms with Crippen LogP contribution in [0.25, 0.3) is 0 Å². The Morgan fingerprint density at radius 2 is 2.11 bits per heavy atom. The highest BCUT2D eigenvalue weighted by atomic mass is 32.1. The number of hydrogen-bond acceptors (Lipinski definition) is 2. The van der Waals surface area contributed by atoms with E-state index in [0.717, 1.165) is 6.42 Å². The molecule has 18 heavy (non-hydrogen) atoms. The average molecular weight is 259 g/mol. The van der Waals surface area contributed by atoms with Crippen LogP contribution in [0.15, 0.2) is 35.7 Å². The predicted octanol–water partition coefficient (Wildman–Crippen LogP) is 4.32. The van der Waals surface area contributed by atoms with Gasteiger partial charge in [-0.2, -0.15) is 0 Å². The molecule has 2 aromatic rings. The van der Waals surface area contributed by atoms with E-state index in [1.165, 1.54) is 28.0 Å². The van der Waals surface area contributed by atoms with Gasteiger partial charge in [0.25, 0.3) is 0 Å². The molecule has 1 nitrogen and oxygen atoms in total. The van der Waals surface area contributed by atoms with Crippen LogP contribution in [0.4, 0.5) is 0 Å². The Bertz CT molecular complexity index is 501. The van der Waals surface area contributed by atoms with Gasteiger partial charge in [-0.05, 0) is 48.5 Å². The molecule has 1 N–H and O–H groups in total. The standard InChI is InChI=1S/C16H21NS/c1-4-6-13-7-5-8-14(11-13)15(17-3)16-12(2)9-10-18-16/h5,7-11,15,17H,4,6H2,1-3H3. The fraction of sp³-hybridized carbons (Fsp3) is 0.375. The molecule has 1 aromatic heterocycles. The second kappa shape index (κ2) is 6.17. The molecule has 0 bridgehead atoms. The smallest absolute Gasteiger partial charge is 0.0671 e. The zero-order chi connectivity index (χ0) is 13.0. The molecule has 0 aliphatic carbocycles. The van der Waals surface area contributed by atoms with Crippen molar-refractivity contribution < 1.29 is 0 Å². The Morgan fingerprint density at radius 1 is 1.28 bits per heavy atom. The van der Waals surface area contributed by atoms with Gasteiger partial charge in [0.1, 0.15) is 0 Å². The monoisotopic (exact) mass is 259 g/mol. The van der Waals surface area contributed by atoms with Gasteiger partial charge in [-0.3, -0.25) is 0 Å². The summed E-state index contributed by atoms with van der Waals surface area (Å²) in [6, 6.07) is 11.5. The number of hydrogen-bond donors (Lipinski definition) is 1. The van der Waals surface area contributed by atoms with Gasteiger partial charge in [0, 0.05) is 4.88 Å². The first-order valence-corrected chi connectivity index (χ1v) is 7.44. The number of nitrogens with one attached hydrogen (secondary N) is 1. The van der Waals surface area contributed by atoms with Crippen molar-refractivity contribution in [3.63, 3.8) is 0 Å². The first-order chi connectivity index (χ1) is 8.76. The lowest BCUT2D eigenvalue weighted by Crippen LogP contribution is -2.17. The number of thiophene rings is 1. The lowest BCUT2D eigenvalue weighted by molar-refractivity contribution is 0.698. The zero-order valence-corrected chi connectivity index (χ0v) is 12.2. The van der Waals surface area contributed by atoms with Crippen LogP contribution in [0, 0.1) is 6.92 Å². The van der Waals surface area contributed by atoms with E-state index >= 15 is 0 Å². The molecule has 0 fully saturated rings. The zero-order valence-electron chi connectivity index (χ0n) is 11.4. The lowest BCUT2D eigenvalue weighted by Gasteiger charge is -2.17. The minimum atomic E-state index is 0.321. The van der Waals surface area contributed by atoms with Crippen molar-refractivity contribution in [1.29, 1.82) is 0 Å². The van der Waals surface area contributed by atoms with Crippen LogP contribution in [0.5, 0.6) is 0 Å². The van der Waals surface area contributed by atoms with Gasteiger partial charge in [0.05, 0.1) is 6.04 Å². The van der Waals surface area contributed by atoms with E-state index < -0.39 is 0 Å². The summed E-state index contributed by atoms with van der Waals surface area (Å²) in [6.07, 6.45) is 2.36. The van der Waals surface area contributed by atoms with Crippen molar-refractivity contribution in [3.05, 3.63) is 57.3 Å². The summed E-state index contributed by atoms with van der Waals surface area (Å²) in [5, 5.41) is 5.61. The van der Waals surface area contributed by atoms with E-state index in [9.17, 15) is 0 Å². The Kier molecular flexibility index (Phi) is 4.56. The van der Waals surface area contributed by atoms with Gasteiger partial charge in [0.15, 0.2) is 0 Å². The van der Waals surface area contributed by atoms with Crippen molar-refractivity contribution in [1.82, 2.24) is 5.32 Å². The molecule has 0 radical (unpaired) electrons. The van der Waals surface area contributed by atoms with Crippen LogP contribution in [-0.4, -0.2) is 7.05 Å². The summed E-state index contributed by atoms with van der Waals surface area (Å²) in [5.74, 6) is 0.